The predicted molar refractivity (Wildman–Crippen MR) is 101 cm³/mol. The number of ether oxygens (including phenoxy) is 1. The van der Waals surface area contributed by atoms with E-state index in [1.54, 1.807) is 30.3 Å². The number of carboxylic acids is 1. The first kappa shape index (κ1) is 19.1. The molecule has 1 saturated heterocycles. The molecule has 2 atom stereocenters. The van der Waals surface area contributed by atoms with E-state index in [0.717, 1.165) is 13.1 Å². The van der Waals surface area contributed by atoms with Crippen molar-refractivity contribution in [3.8, 4) is 0 Å². The number of benzene rings is 2. The fourth-order valence-corrected chi connectivity index (χ4v) is 3.25. The van der Waals surface area contributed by atoms with E-state index in [9.17, 15) is 14.7 Å². The van der Waals surface area contributed by atoms with Crippen molar-refractivity contribution in [2.45, 2.75) is 25.1 Å². The highest BCUT2D eigenvalue weighted by Gasteiger charge is 2.26. The third kappa shape index (κ3) is 5.64. The Hall–Kier alpha value is -2.70. The Kier molecular flexibility index (Phi) is 6.57. The van der Waals surface area contributed by atoms with Gasteiger partial charge in [0.2, 0.25) is 5.91 Å². The molecule has 1 aliphatic heterocycles. The molecule has 142 valence electrons. The fraction of sp³-hybridized carbons (Fsp3) is 0.333. The first-order chi connectivity index (χ1) is 13.1. The van der Waals surface area contributed by atoms with Gasteiger partial charge in [0.15, 0.2) is 6.04 Å². The van der Waals surface area contributed by atoms with Gasteiger partial charge in [-0.25, -0.2) is 4.79 Å². The van der Waals surface area contributed by atoms with Crippen molar-refractivity contribution in [2.24, 2.45) is 0 Å². The summed E-state index contributed by atoms with van der Waals surface area (Å²) in [6, 6.07) is 17.8. The summed E-state index contributed by atoms with van der Waals surface area (Å²) >= 11 is 0. The van der Waals surface area contributed by atoms with Crippen LogP contribution in [0.5, 0.6) is 0 Å². The highest BCUT2D eigenvalue weighted by molar-refractivity contribution is 5.84. The third-order valence-electron chi connectivity index (χ3n) is 4.57. The van der Waals surface area contributed by atoms with Crippen LogP contribution in [0, 0.1) is 0 Å². The number of hydrogen-bond donors (Lipinski definition) is 2. The van der Waals surface area contributed by atoms with Crippen LogP contribution in [-0.2, 0) is 20.9 Å². The molecule has 0 radical (unpaired) electrons. The highest BCUT2D eigenvalue weighted by atomic mass is 16.5. The Morgan fingerprint density at radius 2 is 1.78 bits per heavy atom. The molecule has 0 saturated carbocycles. The zero-order chi connectivity index (χ0) is 19.1. The Morgan fingerprint density at radius 1 is 1.11 bits per heavy atom. The summed E-state index contributed by atoms with van der Waals surface area (Å²) < 4.78 is 5.71. The van der Waals surface area contributed by atoms with Crippen LogP contribution in [0.3, 0.4) is 0 Å². The van der Waals surface area contributed by atoms with Gasteiger partial charge in [-0.2, -0.15) is 0 Å². The molecule has 2 aromatic carbocycles. The number of hydrogen-bond acceptors (Lipinski definition) is 4. The van der Waals surface area contributed by atoms with Gasteiger partial charge in [-0.1, -0.05) is 60.7 Å². The molecule has 1 aliphatic rings. The largest absolute Gasteiger partial charge is 0.479 e. The number of amides is 1. The van der Waals surface area contributed by atoms with Gasteiger partial charge in [-0.15, -0.1) is 0 Å². The van der Waals surface area contributed by atoms with Crippen molar-refractivity contribution in [3.63, 3.8) is 0 Å². The smallest absolute Gasteiger partial charge is 0.330 e. The topological polar surface area (TPSA) is 78.9 Å². The summed E-state index contributed by atoms with van der Waals surface area (Å²) in [6.45, 7) is 2.83. The molecule has 0 spiro atoms. The lowest BCUT2D eigenvalue weighted by atomic mass is 10.1. The zero-order valence-corrected chi connectivity index (χ0v) is 15.1. The minimum Gasteiger partial charge on any atom is -0.479 e. The molecule has 0 aromatic heterocycles. The van der Waals surface area contributed by atoms with E-state index in [0.29, 0.717) is 18.7 Å². The number of aliphatic carboxylic acids is 1. The number of carbonyl (C=O) groups excluding carboxylic acids is 1. The van der Waals surface area contributed by atoms with Crippen molar-refractivity contribution < 1.29 is 19.4 Å². The van der Waals surface area contributed by atoms with Crippen molar-refractivity contribution in [1.29, 1.82) is 0 Å². The normalized spacial score (nSPS) is 18.6. The van der Waals surface area contributed by atoms with Crippen LogP contribution in [0.25, 0.3) is 0 Å². The van der Waals surface area contributed by atoms with Gasteiger partial charge in [-0.05, 0) is 11.1 Å². The molecule has 1 heterocycles. The summed E-state index contributed by atoms with van der Waals surface area (Å²) in [7, 11) is 0. The second-order valence-corrected chi connectivity index (χ2v) is 6.67. The fourth-order valence-electron chi connectivity index (χ4n) is 3.25. The monoisotopic (exact) mass is 368 g/mol. The maximum atomic E-state index is 12.4. The number of carbonyl (C=O) groups is 2. The van der Waals surface area contributed by atoms with Gasteiger partial charge in [-0.3, -0.25) is 9.69 Å². The molecule has 1 amide bonds. The van der Waals surface area contributed by atoms with E-state index in [2.05, 4.69) is 22.3 Å². The summed E-state index contributed by atoms with van der Waals surface area (Å²) in [5.74, 6) is -1.40. The van der Waals surface area contributed by atoms with Crippen LogP contribution in [0.2, 0.25) is 0 Å². The number of carboxylic acid groups (broad SMARTS) is 1. The molecule has 6 nitrogen and oxygen atoms in total. The van der Waals surface area contributed by atoms with Gasteiger partial charge in [0.1, 0.15) is 0 Å². The number of morpholine rings is 1. The molecule has 1 fully saturated rings. The molecule has 6 heteroatoms. The predicted octanol–water partition coefficient (Wildman–Crippen LogP) is 2.22. The molecule has 27 heavy (non-hydrogen) atoms. The standard InChI is InChI=1S/C21H24N2O4/c24-19(22-20(21(25)26)17-9-5-2-6-10-17)13-18-15-23(11-12-27-18)14-16-7-3-1-4-8-16/h1-10,18,20H,11-15H2,(H,22,24)(H,25,26)/t18?,20-/m1/s1. The lowest BCUT2D eigenvalue weighted by molar-refractivity contribution is -0.142. The van der Waals surface area contributed by atoms with Crippen LogP contribution >= 0.6 is 0 Å². The minimum absolute atomic E-state index is 0.141. The van der Waals surface area contributed by atoms with E-state index in [1.807, 2.05) is 18.2 Å². The van der Waals surface area contributed by atoms with Crippen LogP contribution in [-0.4, -0.2) is 47.7 Å². The van der Waals surface area contributed by atoms with Crippen molar-refractivity contribution in [2.75, 3.05) is 19.7 Å². The summed E-state index contributed by atoms with van der Waals surface area (Å²) in [5.41, 5.74) is 1.77. The molecule has 2 aromatic rings. The lowest BCUT2D eigenvalue weighted by Gasteiger charge is -2.32. The lowest BCUT2D eigenvalue weighted by Crippen LogP contribution is -2.44. The second-order valence-electron chi connectivity index (χ2n) is 6.67. The van der Waals surface area contributed by atoms with Crippen LogP contribution in [0.15, 0.2) is 60.7 Å². The summed E-state index contributed by atoms with van der Waals surface area (Å²) in [5, 5.41) is 12.0. The number of nitrogens with one attached hydrogen (secondary N) is 1. The first-order valence-electron chi connectivity index (χ1n) is 9.07. The van der Waals surface area contributed by atoms with E-state index in [1.165, 1.54) is 5.56 Å². The Bertz CT molecular complexity index is 751. The maximum Gasteiger partial charge on any atom is 0.330 e. The van der Waals surface area contributed by atoms with E-state index < -0.39 is 12.0 Å². The summed E-state index contributed by atoms with van der Waals surface area (Å²) in [6.07, 6.45) is -0.102. The van der Waals surface area contributed by atoms with E-state index in [-0.39, 0.29) is 18.4 Å². The van der Waals surface area contributed by atoms with Crippen LogP contribution in [0.4, 0.5) is 0 Å². The molecule has 3 rings (SSSR count). The van der Waals surface area contributed by atoms with Gasteiger partial charge in [0, 0.05) is 19.6 Å². The Labute approximate surface area is 158 Å². The van der Waals surface area contributed by atoms with Crippen LogP contribution < -0.4 is 5.32 Å². The van der Waals surface area contributed by atoms with E-state index in [4.69, 9.17) is 4.74 Å². The minimum atomic E-state index is -1.08. The third-order valence-corrected chi connectivity index (χ3v) is 4.57. The quantitative estimate of drug-likeness (QED) is 0.783. The van der Waals surface area contributed by atoms with Crippen molar-refractivity contribution >= 4 is 11.9 Å². The number of rotatable bonds is 7. The Morgan fingerprint density at radius 3 is 2.44 bits per heavy atom. The van der Waals surface area contributed by atoms with Gasteiger partial charge < -0.3 is 15.2 Å². The average molecular weight is 368 g/mol. The highest BCUT2D eigenvalue weighted by Crippen LogP contribution is 2.15. The van der Waals surface area contributed by atoms with Gasteiger partial charge >= 0.3 is 5.97 Å². The molecular formula is C21H24N2O4. The first-order valence-corrected chi connectivity index (χ1v) is 9.07. The molecular weight excluding hydrogens is 344 g/mol. The zero-order valence-electron chi connectivity index (χ0n) is 15.1. The Balaban J connectivity index is 1.54. The molecule has 0 aliphatic carbocycles. The SMILES string of the molecule is O=C(CC1CN(Cc2ccccc2)CCO1)N[C@@H](C(=O)O)c1ccccc1. The van der Waals surface area contributed by atoms with Crippen LogP contribution in [0.1, 0.15) is 23.6 Å². The van der Waals surface area contributed by atoms with E-state index >= 15 is 0 Å². The van der Waals surface area contributed by atoms with Gasteiger partial charge in [0.05, 0.1) is 19.1 Å². The second kappa shape index (κ2) is 9.30. The molecule has 1 unspecified atom stereocenters. The maximum absolute atomic E-state index is 12.4. The van der Waals surface area contributed by atoms with Gasteiger partial charge in [0.25, 0.3) is 0 Å². The molecule has 2 N–H and O–H groups in total. The molecule has 0 bridgehead atoms. The number of nitrogens with zero attached hydrogens (tertiary/aromatic N) is 1. The average Bonchev–Trinajstić information content (AvgIpc) is 2.68. The van der Waals surface area contributed by atoms with Crippen molar-refractivity contribution in [1.82, 2.24) is 10.2 Å². The summed E-state index contributed by atoms with van der Waals surface area (Å²) in [4.78, 5) is 26.2. The van der Waals surface area contributed by atoms with Crippen molar-refractivity contribution in [3.05, 3.63) is 71.8 Å².